The molecule has 0 aliphatic rings. The summed E-state index contributed by atoms with van der Waals surface area (Å²) in [5.41, 5.74) is 0. The van der Waals surface area contributed by atoms with Crippen molar-refractivity contribution in [3.63, 3.8) is 0 Å². The Morgan fingerprint density at radius 1 is 1.52 bits per heavy atom. The van der Waals surface area contributed by atoms with Crippen molar-refractivity contribution in [2.24, 2.45) is 7.05 Å². The van der Waals surface area contributed by atoms with Crippen LogP contribution in [-0.4, -0.2) is 49.0 Å². The number of likely N-dealkylation sites (N-methyl/N-ethyl adjacent to an activating group) is 1. The van der Waals surface area contributed by atoms with Gasteiger partial charge in [-0.25, -0.2) is 17.8 Å². The molecule has 1 atom stereocenters. The van der Waals surface area contributed by atoms with Gasteiger partial charge in [-0.2, -0.15) is 0 Å². The molecule has 10 heteroatoms. The molecule has 1 unspecified atom stereocenters. The van der Waals surface area contributed by atoms with Crippen LogP contribution in [0.3, 0.4) is 0 Å². The van der Waals surface area contributed by atoms with Crippen LogP contribution < -0.4 is 4.72 Å². The summed E-state index contributed by atoms with van der Waals surface area (Å²) in [5, 5.41) is 7.33. The molecule has 21 heavy (non-hydrogen) atoms. The Morgan fingerprint density at radius 2 is 2.24 bits per heavy atom. The zero-order valence-electron chi connectivity index (χ0n) is 11.8. The van der Waals surface area contributed by atoms with E-state index in [0.29, 0.717) is 5.76 Å². The number of rotatable bonds is 6. The summed E-state index contributed by atoms with van der Waals surface area (Å²) in [6.07, 6.45) is 1.56. The van der Waals surface area contributed by atoms with Crippen LogP contribution in [-0.2, 0) is 17.1 Å². The van der Waals surface area contributed by atoms with Crippen molar-refractivity contribution in [3.8, 4) is 0 Å². The molecule has 0 aliphatic heterocycles. The third kappa shape index (κ3) is 3.51. The summed E-state index contributed by atoms with van der Waals surface area (Å²) >= 11 is 3.09. The van der Waals surface area contributed by atoms with E-state index < -0.39 is 10.0 Å². The molecule has 0 saturated carbocycles. The second kappa shape index (κ2) is 6.26. The number of aryl methyl sites for hydroxylation is 1. The number of aromatic nitrogens is 3. The molecule has 0 spiro atoms. The Labute approximate surface area is 131 Å². The van der Waals surface area contributed by atoms with Crippen molar-refractivity contribution in [3.05, 3.63) is 28.8 Å². The van der Waals surface area contributed by atoms with Crippen LogP contribution in [0.2, 0.25) is 0 Å². The van der Waals surface area contributed by atoms with Crippen molar-refractivity contribution in [2.45, 2.75) is 11.1 Å². The normalized spacial score (nSPS) is 13.8. The van der Waals surface area contributed by atoms with E-state index in [9.17, 15) is 8.42 Å². The fourth-order valence-electron chi connectivity index (χ4n) is 1.88. The average molecular weight is 378 g/mol. The fourth-order valence-corrected chi connectivity index (χ4v) is 4.01. The molecule has 0 fully saturated rings. The van der Waals surface area contributed by atoms with Crippen molar-refractivity contribution >= 4 is 26.0 Å². The second-order valence-corrected chi connectivity index (χ2v) is 7.09. The number of hydrogen-bond acceptors (Lipinski definition) is 6. The number of hydrogen-bond donors (Lipinski definition) is 1. The van der Waals surface area contributed by atoms with Crippen LogP contribution in [0.5, 0.6) is 0 Å². The predicted octanol–water partition coefficient (Wildman–Crippen LogP) is 0.752. The van der Waals surface area contributed by atoms with E-state index in [1.165, 1.54) is 11.7 Å². The van der Waals surface area contributed by atoms with Gasteiger partial charge < -0.3 is 4.42 Å². The van der Waals surface area contributed by atoms with E-state index >= 15 is 0 Å². The van der Waals surface area contributed by atoms with E-state index in [1.807, 2.05) is 19.0 Å². The number of halogens is 1. The van der Waals surface area contributed by atoms with Crippen LogP contribution in [0.1, 0.15) is 11.8 Å². The minimum atomic E-state index is -3.73. The molecular weight excluding hydrogens is 362 g/mol. The number of furan rings is 1. The third-order valence-electron chi connectivity index (χ3n) is 2.95. The van der Waals surface area contributed by atoms with Crippen LogP contribution in [0, 0.1) is 0 Å². The summed E-state index contributed by atoms with van der Waals surface area (Å²) in [6.45, 7) is 0.167. The molecule has 0 radical (unpaired) electrons. The van der Waals surface area contributed by atoms with E-state index in [-0.39, 0.29) is 22.2 Å². The first-order valence-electron chi connectivity index (χ1n) is 6.07. The molecule has 116 valence electrons. The quantitative estimate of drug-likeness (QED) is 0.798. The minimum Gasteiger partial charge on any atom is -0.468 e. The zero-order chi connectivity index (χ0) is 15.6. The Kier molecular flexibility index (Phi) is 4.81. The molecule has 1 N–H and O–H groups in total. The Hall–Kier alpha value is -1.23. The largest absolute Gasteiger partial charge is 0.468 e. The molecule has 8 nitrogen and oxygen atoms in total. The first-order valence-corrected chi connectivity index (χ1v) is 8.35. The van der Waals surface area contributed by atoms with Crippen LogP contribution in [0.25, 0.3) is 0 Å². The van der Waals surface area contributed by atoms with Gasteiger partial charge in [-0.3, -0.25) is 4.90 Å². The van der Waals surface area contributed by atoms with Gasteiger partial charge in [-0.1, -0.05) is 5.21 Å². The fraction of sp³-hybridized carbons (Fsp3) is 0.455. The third-order valence-corrected chi connectivity index (χ3v) is 5.26. The molecule has 2 aromatic rings. The summed E-state index contributed by atoms with van der Waals surface area (Å²) < 4.78 is 34.0. The lowest BCUT2D eigenvalue weighted by Crippen LogP contribution is -2.35. The highest BCUT2D eigenvalue weighted by atomic mass is 79.9. The minimum absolute atomic E-state index is 0.0144. The Bertz CT molecular complexity index is 676. The summed E-state index contributed by atoms with van der Waals surface area (Å²) in [7, 11) is 1.49. The first-order chi connectivity index (χ1) is 9.83. The topological polar surface area (TPSA) is 93.3 Å². The van der Waals surface area contributed by atoms with Crippen LogP contribution >= 0.6 is 15.9 Å². The van der Waals surface area contributed by atoms with Gasteiger partial charge in [0, 0.05) is 13.6 Å². The second-order valence-electron chi connectivity index (χ2n) is 4.66. The molecule has 0 amide bonds. The maximum Gasteiger partial charge on any atom is 0.260 e. The van der Waals surface area contributed by atoms with Gasteiger partial charge >= 0.3 is 0 Å². The number of nitrogens with one attached hydrogen (secondary N) is 1. The molecule has 2 aromatic heterocycles. The maximum absolute atomic E-state index is 12.3. The van der Waals surface area contributed by atoms with Crippen molar-refractivity contribution in [1.82, 2.24) is 24.6 Å². The highest BCUT2D eigenvalue weighted by Gasteiger charge is 2.26. The van der Waals surface area contributed by atoms with Gasteiger partial charge in [0.25, 0.3) is 10.0 Å². The van der Waals surface area contributed by atoms with E-state index in [2.05, 4.69) is 31.0 Å². The Morgan fingerprint density at radius 3 is 2.71 bits per heavy atom. The highest BCUT2D eigenvalue weighted by molar-refractivity contribution is 9.10. The monoisotopic (exact) mass is 377 g/mol. The van der Waals surface area contributed by atoms with Gasteiger partial charge in [0.1, 0.15) is 5.76 Å². The first kappa shape index (κ1) is 16.1. The highest BCUT2D eigenvalue weighted by Crippen LogP contribution is 2.21. The van der Waals surface area contributed by atoms with Gasteiger partial charge in [0.05, 0.1) is 12.3 Å². The van der Waals surface area contributed by atoms with Crippen molar-refractivity contribution in [1.29, 1.82) is 0 Å². The maximum atomic E-state index is 12.3. The van der Waals surface area contributed by atoms with Gasteiger partial charge in [-0.05, 0) is 42.2 Å². The lowest BCUT2D eigenvalue weighted by molar-refractivity contribution is 0.259. The average Bonchev–Trinajstić information content (AvgIpc) is 2.99. The lowest BCUT2D eigenvalue weighted by atomic mass is 10.2. The SMILES string of the molecule is CN(C)C(CNS(=O)(=O)c1c(Br)nnn1C)c1ccco1. The molecule has 0 saturated heterocycles. The number of nitrogens with zero attached hydrogens (tertiary/aromatic N) is 4. The van der Waals surface area contributed by atoms with Gasteiger partial charge in [0.15, 0.2) is 4.60 Å². The summed E-state index contributed by atoms with van der Waals surface area (Å²) in [4.78, 5) is 1.87. The van der Waals surface area contributed by atoms with E-state index in [1.54, 1.807) is 18.4 Å². The van der Waals surface area contributed by atoms with Crippen LogP contribution in [0.15, 0.2) is 32.4 Å². The molecule has 0 aromatic carbocycles. The standard InChI is InChI=1S/C11H16BrN5O3S/c1-16(2)8(9-5-4-6-20-9)7-13-21(18,19)11-10(12)14-15-17(11)3/h4-6,8,13H,7H2,1-3H3. The Balaban J connectivity index is 2.18. The number of sulfonamides is 1. The van der Waals surface area contributed by atoms with Crippen molar-refractivity contribution in [2.75, 3.05) is 20.6 Å². The van der Waals surface area contributed by atoms with Gasteiger partial charge in [-0.15, -0.1) is 5.10 Å². The summed E-state index contributed by atoms with van der Waals surface area (Å²) in [6, 6.07) is 3.36. The van der Waals surface area contributed by atoms with Gasteiger partial charge in [0.2, 0.25) is 5.03 Å². The molecule has 2 rings (SSSR count). The lowest BCUT2D eigenvalue weighted by Gasteiger charge is -2.22. The van der Waals surface area contributed by atoms with Crippen LogP contribution in [0.4, 0.5) is 0 Å². The van der Waals surface area contributed by atoms with E-state index in [4.69, 9.17) is 4.42 Å². The smallest absolute Gasteiger partial charge is 0.260 e. The van der Waals surface area contributed by atoms with E-state index in [0.717, 1.165) is 0 Å². The molecular formula is C11H16BrN5O3S. The zero-order valence-corrected chi connectivity index (χ0v) is 14.2. The summed E-state index contributed by atoms with van der Waals surface area (Å²) in [5.74, 6) is 0.685. The molecule has 0 bridgehead atoms. The predicted molar refractivity (Wildman–Crippen MR) is 79.0 cm³/mol. The van der Waals surface area contributed by atoms with Crippen molar-refractivity contribution < 1.29 is 12.8 Å². The molecule has 0 aliphatic carbocycles. The molecule has 2 heterocycles.